The predicted molar refractivity (Wildman–Crippen MR) is 111 cm³/mol. The highest BCUT2D eigenvalue weighted by Crippen LogP contribution is 2.09. The van der Waals surface area contributed by atoms with Gasteiger partial charge >= 0.3 is 11.9 Å². The molecule has 0 aromatic rings. The molecule has 0 rings (SSSR count). The number of hydrogen-bond donors (Lipinski definition) is 1. The maximum Gasteiger partial charge on any atom is 0.307 e. The predicted octanol–water partition coefficient (Wildman–Crippen LogP) is 4.72. The molecule has 0 amide bonds. The lowest BCUT2D eigenvalue weighted by Gasteiger charge is -2.28. The van der Waals surface area contributed by atoms with E-state index < -0.39 is 12.1 Å². The van der Waals surface area contributed by atoms with Gasteiger partial charge in [0, 0.05) is 6.42 Å². The Bertz CT molecular complexity index is 463. The monoisotopic (exact) mass is 382 g/mol. The average Bonchev–Trinajstić information content (AvgIpc) is 2.53. The van der Waals surface area contributed by atoms with E-state index in [1.807, 2.05) is 21.1 Å². The molecule has 0 radical (unpaired) electrons. The van der Waals surface area contributed by atoms with E-state index in [1.165, 1.54) is 25.7 Å². The average molecular weight is 383 g/mol. The maximum absolute atomic E-state index is 11.9. The Hall–Kier alpha value is -1.62. The molecular formula is C22H40NO4+. The van der Waals surface area contributed by atoms with Crippen molar-refractivity contribution in [3.05, 3.63) is 24.3 Å². The summed E-state index contributed by atoms with van der Waals surface area (Å²) in [6.07, 6.45) is 17.1. The van der Waals surface area contributed by atoms with E-state index in [4.69, 9.17) is 9.84 Å². The molecule has 156 valence electrons. The molecule has 1 atom stereocenters. The first-order valence-electron chi connectivity index (χ1n) is 10.3. The van der Waals surface area contributed by atoms with E-state index in [1.54, 1.807) is 0 Å². The van der Waals surface area contributed by atoms with Gasteiger partial charge in [-0.05, 0) is 32.1 Å². The van der Waals surface area contributed by atoms with Crippen LogP contribution in [0.5, 0.6) is 0 Å². The Morgan fingerprint density at radius 2 is 1.59 bits per heavy atom. The first-order chi connectivity index (χ1) is 12.7. The number of unbranched alkanes of at least 4 members (excludes halogenated alkanes) is 5. The first-order valence-corrected chi connectivity index (χ1v) is 10.3. The molecule has 0 spiro atoms. The fourth-order valence-corrected chi connectivity index (χ4v) is 2.75. The van der Waals surface area contributed by atoms with Gasteiger partial charge in [0.2, 0.25) is 0 Å². The number of likely N-dealkylation sites (N-methyl/N-ethyl adjacent to an activating group) is 1. The van der Waals surface area contributed by atoms with Crippen molar-refractivity contribution >= 4 is 11.9 Å². The van der Waals surface area contributed by atoms with Gasteiger partial charge in [-0.2, -0.15) is 0 Å². The molecule has 1 unspecified atom stereocenters. The van der Waals surface area contributed by atoms with Crippen LogP contribution in [0.1, 0.15) is 71.1 Å². The molecule has 5 heteroatoms. The van der Waals surface area contributed by atoms with Crippen molar-refractivity contribution in [3.8, 4) is 0 Å². The van der Waals surface area contributed by atoms with E-state index in [0.717, 1.165) is 25.7 Å². The van der Waals surface area contributed by atoms with Crippen LogP contribution in [0.4, 0.5) is 0 Å². The van der Waals surface area contributed by atoms with Gasteiger partial charge in [-0.1, -0.05) is 50.5 Å². The zero-order valence-electron chi connectivity index (χ0n) is 17.8. The highest BCUT2D eigenvalue weighted by atomic mass is 16.5. The van der Waals surface area contributed by atoms with Crippen molar-refractivity contribution < 1.29 is 23.9 Å². The fourth-order valence-electron chi connectivity index (χ4n) is 2.75. The Morgan fingerprint density at radius 3 is 2.15 bits per heavy atom. The lowest BCUT2D eigenvalue weighted by atomic mass is 10.1. The van der Waals surface area contributed by atoms with Gasteiger partial charge in [0.05, 0.1) is 27.6 Å². The summed E-state index contributed by atoms with van der Waals surface area (Å²) in [6.45, 7) is 2.71. The Kier molecular flexibility index (Phi) is 14.5. The SMILES string of the molecule is CCCCCC/C=C/C/C=C/CCCC(=O)OC(CC(=O)O)C[N+](C)(C)C. The van der Waals surface area contributed by atoms with Crippen molar-refractivity contribution in [3.63, 3.8) is 0 Å². The van der Waals surface area contributed by atoms with Gasteiger partial charge in [0.1, 0.15) is 6.54 Å². The quantitative estimate of drug-likeness (QED) is 0.181. The lowest BCUT2D eigenvalue weighted by molar-refractivity contribution is -0.873. The molecule has 1 N–H and O–H groups in total. The number of carboxylic acids is 1. The molecule has 0 aromatic heterocycles. The second-order valence-corrected chi connectivity index (χ2v) is 8.10. The minimum atomic E-state index is -0.942. The number of nitrogens with zero attached hydrogens (tertiary/aromatic N) is 1. The maximum atomic E-state index is 11.9. The molecule has 0 fully saturated rings. The van der Waals surface area contributed by atoms with Crippen molar-refractivity contribution in [1.82, 2.24) is 0 Å². The number of allylic oxidation sites excluding steroid dienone is 4. The summed E-state index contributed by atoms with van der Waals surface area (Å²) in [5, 5.41) is 8.97. The Balaban J connectivity index is 3.90. The molecule has 0 aliphatic carbocycles. The summed E-state index contributed by atoms with van der Waals surface area (Å²) < 4.78 is 5.92. The number of quaternary nitrogens is 1. The molecular weight excluding hydrogens is 342 g/mol. The van der Waals surface area contributed by atoms with Crippen molar-refractivity contribution in [1.29, 1.82) is 0 Å². The largest absolute Gasteiger partial charge is 0.481 e. The summed E-state index contributed by atoms with van der Waals surface area (Å²) in [7, 11) is 5.85. The minimum Gasteiger partial charge on any atom is -0.481 e. The van der Waals surface area contributed by atoms with Gasteiger partial charge in [0.15, 0.2) is 6.10 Å². The lowest BCUT2D eigenvalue weighted by Crippen LogP contribution is -2.43. The number of hydrogen-bond acceptors (Lipinski definition) is 3. The second-order valence-electron chi connectivity index (χ2n) is 8.10. The van der Waals surface area contributed by atoms with E-state index in [2.05, 4.69) is 31.2 Å². The third-order valence-electron chi connectivity index (χ3n) is 4.03. The smallest absolute Gasteiger partial charge is 0.307 e. The van der Waals surface area contributed by atoms with Gasteiger partial charge < -0.3 is 14.3 Å². The summed E-state index contributed by atoms with van der Waals surface area (Å²) in [6, 6.07) is 0. The van der Waals surface area contributed by atoms with Crippen LogP contribution in [-0.4, -0.2) is 55.3 Å². The van der Waals surface area contributed by atoms with E-state index in [0.29, 0.717) is 17.4 Å². The number of carbonyl (C=O) groups excluding carboxylic acids is 1. The summed E-state index contributed by atoms with van der Waals surface area (Å²) in [5.41, 5.74) is 0. The van der Waals surface area contributed by atoms with E-state index in [9.17, 15) is 9.59 Å². The van der Waals surface area contributed by atoms with Crippen LogP contribution in [-0.2, 0) is 14.3 Å². The van der Waals surface area contributed by atoms with E-state index >= 15 is 0 Å². The number of rotatable bonds is 16. The number of aliphatic carboxylic acids is 1. The summed E-state index contributed by atoms with van der Waals surface area (Å²) >= 11 is 0. The minimum absolute atomic E-state index is 0.147. The number of esters is 1. The molecule has 0 saturated carbocycles. The van der Waals surface area contributed by atoms with Crippen LogP contribution in [0.3, 0.4) is 0 Å². The molecule has 0 aliphatic rings. The molecule has 0 aromatic carbocycles. The van der Waals surface area contributed by atoms with Crippen molar-refractivity contribution in [2.75, 3.05) is 27.7 Å². The third-order valence-corrected chi connectivity index (χ3v) is 4.03. The normalized spacial score (nSPS) is 13.3. The molecule has 5 nitrogen and oxygen atoms in total. The first kappa shape index (κ1) is 25.4. The highest BCUT2D eigenvalue weighted by Gasteiger charge is 2.24. The van der Waals surface area contributed by atoms with Crippen LogP contribution < -0.4 is 0 Å². The van der Waals surface area contributed by atoms with Gasteiger partial charge in [-0.25, -0.2) is 0 Å². The van der Waals surface area contributed by atoms with Gasteiger partial charge in [-0.15, -0.1) is 0 Å². The van der Waals surface area contributed by atoms with Gasteiger partial charge in [-0.3, -0.25) is 9.59 Å². The molecule has 27 heavy (non-hydrogen) atoms. The third kappa shape index (κ3) is 19.0. The molecule has 0 heterocycles. The molecule has 0 saturated heterocycles. The second kappa shape index (κ2) is 15.4. The van der Waals surface area contributed by atoms with Crippen LogP contribution in [0.2, 0.25) is 0 Å². The number of carbonyl (C=O) groups is 2. The van der Waals surface area contributed by atoms with E-state index in [-0.39, 0.29) is 12.4 Å². The summed E-state index contributed by atoms with van der Waals surface area (Å²) in [5.74, 6) is -1.25. The standard InChI is InChI=1S/C22H39NO4/c1-5-6-7-8-9-10-11-12-13-14-15-16-17-22(26)27-20(18-21(24)25)19-23(2,3)4/h10-11,13-14,20H,5-9,12,15-19H2,1-4H3/p+1/b11-10+,14-13+. The van der Waals surface area contributed by atoms with Gasteiger partial charge in [0.25, 0.3) is 0 Å². The summed E-state index contributed by atoms with van der Waals surface area (Å²) in [4.78, 5) is 22.9. The molecule has 0 bridgehead atoms. The molecule has 0 aliphatic heterocycles. The Morgan fingerprint density at radius 1 is 0.963 bits per heavy atom. The van der Waals surface area contributed by atoms with Crippen LogP contribution in [0.15, 0.2) is 24.3 Å². The van der Waals surface area contributed by atoms with Crippen LogP contribution in [0, 0.1) is 0 Å². The van der Waals surface area contributed by atoms with Crippen molar-refractivity contribution in [2.45, 2.75) is 77.2 Å². The Labute approximate surface area is 165 Å². The van der Waals surface area contributed by atoms with Crippen molar-refractivity contribution in [2.24, 2.45) is 0 Å². The highest BCUT2D eigenvalue weighted by molar-refractivity contribution is 5.71. The zero-order chi connectivity index (χ0) is 20.5. The topological polar surface area (TPSA) is 63.6 Å². The number of carboxylic acid groups (broad SMARTS) is 1. The number of ether oxygens (including phenoxy) is 1. The fraction of sp³-hybridized carbons (Fsp3) is 0.727. The van der Waals surface area contributed by atoms with Crippen LogP contribution >= 0.6 is 0 Å². The zero-order valence-corrected chi connectivity index (χ0v) is 17.8. The van der Waals surface area contributed by atoms with Crippen LogP contribution in [0.25, 0.3) is 0 Å².